The van der Waals surface area contributed by atoms with Crippen molar-refractivity contribution < 1.29 is 13.9 Å². The number of amides is 1. The van der Waals surface area contributed by atoms with E-state index < -0.39 is 6.04 Å². The van der Waals surface area contributed by atoms with Gasteiger partial charge in [-0.3, -0.25) is 9.69 Å². The van der Waals surface area contributed by atoms with Crippen LogP contribution in [0.1, 0.15) is 17.4 Å². The first-order chi connectivity index (χ1) is 14.1. The van der Waals surface area contributed by atoms with Crippen LogP contribution in [0.15, 0.2) is 48.5 Å². The molecule has 7 heteroatoms. The highest BCUT2D eigenvalue weighted by molar-refractivity contribution is 5.83. The lowest BCUT2D eigenvalue weighted by Crippen LogP contribution is -2.46. The van der Waals surface area contributed by atoms with E-state index in [4.69, 9.17) is 4.74 Å². The second kappa shape index (κ2) is 8.31. The minimum absolute atomic E-state index is 0.149. The number of aromatic nitrogens is 2. The van der Waals surface area contributed by atoms with Crippen molar-refractivity contribution in [1.29, 1.82) is 0 Å². The van der Waals surface area contributed by atoms with E-state index in [-0.39, 0.29) is 11.7 Å². The van der Waals surface area contributed by atoms with E-state index >= 15 is 0 Å². The van der Waals surface area contributed by atoms with E-state index in [0.717, 1.165) is 16.9 Å². The van der Waals surface area contributed by atoms with E-state index in [9.17, 15) is 9.18 Å². The van der Waals surface area contributed by atoms with Crippen LogP contribution < -0.4 is 0 Å². The van der Waals surface area contributed by atoms with Gasteiger partial charge in [0.2, 0.25) is 5.91 Å². The first-order valence-corrected chi connectivity index (χ1v) is 9.78. The van der Waals surface area contributed by atoms with Crippen LogP contribution in [-0.4, -0.2) is 58.6 Å². The summed E-state index contributed by atoms with van der Waals surface area (Å²) in [4.78, 5) is 21.8. The van der Waals surface area contributed by atoms with Gasteiger partial charge in [0.05, 0.1) is 30.8 Å². The topological polar surface area (TPSA) is 50.6 Å². The van der Waals surface area contributed by atoms with Gasteiger partial charge < -0.3 is 14.2 Å². The van der Waals surface area contributed by atoms with E-state index in [1.165, 1.54) is 6.07 Å². The molecule has 1 amide bonds. The van der Waals surface area contributed by atoms with Gasteiger partial charge in [-0.05, 0) is 18.2 Å². The zero-order valence-electron chi connectivity index (χ0n) is 16.7. The van der Waals surface area contributed by atoms with E-state index in [0.29, 0.717) is 38.4 Å². The van der Waals surface area contributed by atoms with Crippen molar-refractivity contribution in [3.63, 3.8) is 0 Å². The lowest BCUT2D eigenvalue weighted by atomic mass is 10.0. The van der Waals surface area contributed by atoms with Gasteiger partial charge in [0.1, 0.15) is 17.7 Å². The van der Waals surface area contributed by atoms with Crippen LogP contribution in [0, 0.1) is 5.82 Å². The molecule has 0 radical (unpaired) electrons. The summed E-state index contributed by atoms with van der Waals surface area (Å²) in [6.07, 6.45) is 0. The number of carbonyl (C=O) groups is 1. The quantitative estimate of drug-likeness (QED) is 0.666. The number of benzene rings is 2. The van der Waals surface area contributed by atoms with Crippen molar-refractivity contribution in [3.05, 3.63) is 65.7 Å². The molecule has 152 valence electrons. The summed E-state index contributed by atoms with van der Waals surface area (Å²) < 4.78 is 22.0. The lowest BCUT2D eigenvalue weighted by Gasteiger charge is -2.36. The van der Waals surface area contributed by atoms with Crippen LogP contribution >= 0.6 is 0 Å². The Morgan fingerprint density at radius 2 is 1.86 bits per heavy atom. The number of halogens is 1. The standard InChI is InChI=1S/C22H25FN4O2/c1-25(15-20-24-18-9-5-6-10-19(18)26(20)2)22(28)21(27-11-13-29-14-12-27)16-7-3-4-8-17(16)23/h3-10,21H,11-15H2,1-2H3/t21-/m1/s1. The number of imidazole rings is 1. The van der Waals surface area contributed by atoms with Gasteiger partial charge in [0, 0.05) is 32.7 Å². The summed E-state index contributed by atoms with van der Waals surface area (Å²) in [7, 11) is 3.69. The summed E-state index contributed by atoms with van der Waals surface area (Å²) in [6, 6.07) is 13.7. The van der Waals surface area contributed by atoms with Gasteiger partial charge in [0.15, 0.2) is 0 Å². The van der Waals surface area contributed by atoms with Crippen molar-refractivity contribution in [2.45, 2.75) is 12.6 Å². The normalized spacial score (nSPS) is 16.1. The number of carbonyl (C=O) groups excluding carboxylic acids is 1. The number of hydrogen-bond donors (Lipinski definition) is 0. The number of fused-ring (bicyclic) bond motifs is 1. The molecular weight excluding hydrogens is 371 g/mol. The molecule has 3 aromatic rings. The number of para-hydroxylation sites is 2. The average Bonchev–Trinajstić information content (AvgIpc) is 3.06. The maximum atomic E-state index is 14.6. The van der Waals surface area contributed by atoms with Crippen LogP contribution in [0.4, 0.5) is 4.39 Å². The molecule has 0 spiro atoms. The molecule has 0 bridgehead atoms. The Bertz CT molecular complexity index is 1010. The highest BCUT2D eigenvalue weighted by Crippen LogP contribution is 2.27. The first-order valence-electron chi connectivity index (χ1n) is 9.78. The Morgan fingerprint density at radius 3 is 2.59 bits per heavy atom. The van der Waals surface area contributed by atoms with Gasteiger partial charge in [0.25, 0.3) is 0 Å². The Balaban J connectivity index is 1.62. The molecule has 1 aliphatic rings. The number of morpholine rings is 1. The largest absolute Gasteiger partial charge is 0.379 e. The summed E-state index contributed by atoms with van der Waals surface area (Å²) >= 11 is 0. The molecular formula is C22H25FN4O2. The predicted octanol–water partition coefficient (Wildman–Crippen LogP) is 2.74. The minimum atomic E-state index is -0.681. The number of ether oxygens (including phenoxy) is 1. The molecule has 2 heterocycles. The Hall–Kier alpha value is -2.77. The maximum absolute atomic E-state index is 14.6. The second-order valence-corrected chi connectivity index (χ2v) is 7.34. The van der Waals surface area contributed by atoms with Crippen molar-refractivity contribution in [2.24, 2.45) is 7.05 Å². The van der Waals surface area contributed by atoms with Gasteiger partial charge in [-0.1, -0.05) is 30.3 Å². The maximum Gasteiger partial charge on any atom is 0.244 e. The van der Waals surface area contributed by atoms with Gasteiger partial charge in [-0.15, -0.1) is 0 Å². The van der Waals surface area contributed by atoms with Crippen molar-refractivity contribution in [1.82, 2.24) is 19.4 Å². The Labute approximate surface area is 169 Å². The molecule has 4 rings (SSSR count). The average molecular weight is 396 g/mol. The SMILES string of the molecule is CN(Cc1nc2ccccc2n1C)C(=O)[C@@H](c1ccccc1F)N1CCOCC1. The van der Waals surface area contributed by atoms with Crippen molar-refractivity contribution >= 4 is 16.9 Å². The van der Waals surface area contributed by atoms with Crippen LogP contribution in [0.5, 0.6) is 0 Å². The number of nitrogens with zero attached hydrogens (tertiary/aromatic N) is 4. The molecule has 1 saturated heterocycles. The first kappa shape index (κ1) is 19.5. The molecule has 0 saturated carbocycles. The zero-order valence-corrected chi connectivity index (χ0v) is 16.7. The Kier molecular flexibility index (Phi) is 5.60. The molecule has 29 heavy (non-hydrogen) atoms. The third-order valence-corrected chi connectivity index (χ3v) is 5.48. The van der Waals surface area contributed by atoms with Crippen molar-refractivity contribution in [3.8, 4) is 0 Å². The van der Waals surface area contributed by atoms with E-state index in [1.807, 2.05) is 40.8 Å². The zero-order chi connectivity index (χ0) is 20.4. The molecule has 6 nitrogen and oxygen atoms in total. The number of aryl methyl sites for hydroxylation is 1. The van der Waals surface area contributed by atoms with Crippen LogP contribution in [0.3, 0.4) is 0 Å². The summed E-state index contributed by atoms with van der Waals surface area (Å²) in [5.41, 5.74) is 2.31. The molecule has 1 aromatic heterocycles. The minimum Gasteiger partial charge on any atom is -0.379 e. The van der Waals surface area contributed by atoms with Crippen LogP contribution in [-0.2, 0) is 23.1 Å². The summed E-state index contributed by atoms with van der Waals surface area (Å²) in [6.45, 7) is 2.59. The lowest BCUT2D eigenvalue weighted by molar-refractivity contribution is -0.138. The summed E-state index contributed by atoms with van der Waals surface area (Å²) in [5, 5.41) is 0. The third kappa shape index (κ3) is 3.88. The monoisotopic (exact) mass is 396 g/mol. The summed E-state index contributed by atoms with van der Waals surface area (Å²) in [5.74, 6) is 0.272. The Morgan fingerprint density at radius 1 is 1.17 bits per heavy atom. The van der Waals surface area contributed by atoms with E-state index in [1.54, 1.807) is 30.1 Å². The molecule has 0 unspecified atom stereocenters. The van der Waals surface area contributed by atoms with E-state index in [2.05, 4.69) is 4.98 Å². The smallest absolute Gasteiger partial charge is 0.244 e. The van der Waals surface area contributed by atoms with Gasteiger partial charge >= 0.3 is 0 Å². The fourth-order valence-corrected chi connectivity index (χ4v) is 3.85. The molecule has 1 aliphatic heterocycles. The molecule has 1 atom stereocenters. The molecule has 0 aliphatic carbocycles. The highest BCUT2D eigenvalue weighted by Gasteiger charge is 2.33. The number of rotatable bonds is 5. The van der Waals surface area contributed by atoms with Gasteiger partial charge in [-0.2, -0.15) is 0 Å². The number of hydrogen-bond acceptors (Lipinski definition) is 4. The predicted molar refractivity (Wildman–Crippen MR) is 109 cm³/mol. The fraction of sp³-hybridized carbons (Fsp3) is 0.364. The fourth-order valence-electron chi connectivity index (χ4n) is 3.85. The van der Waals surface area contributed by atoms with Gasteiger partial charge in [-0.25, -0.2) is 9.37 Å². The molecule has 2 aromatic carbocycles. The molecule has 0 N–H and O–H groups in total. The highest BCUT2D eigenvalue weighted by atomic mass is 19.1. The third-order valence-electron chi connectivity index (χ3n) is 5.48. The second-order valence-electron chi connectivity index (χ2n) is 7.34. The van der Waals surface area contributed by atoms with Crippen molar-refractivity contribution in [2.75, 3.05) is 33.4 Å². The number of likely N-dealkylation sites (N-methyl/N-ethyl adjacent to an activating group) is 1. The van der Waals surface area contributed by atoms with Crippen LogP contribution in [0.2, 0.25) is 0 Å². The van der Waals surface area contributed by atoms with Crippen LogP contribution in [0.25, 0.3) is 11.0 Å². The molecule has 1 fully saturated rings.